The number of rotatable bonds is 8. The molecule has 2 amide bonds. The number of hydrogen-bond acceptors (Lipinski definition) is 2. The molecule has 0 aromatic carbocycles. The van der Waals surface area contributed by atoms with Gasteiger partial charge in [-0.2, -0.15) is 0 Å². The lowest BCUT2D eigenvalue weighted by Gasteiger charge is -2.09. The highest BCUT2D eigenvalue weighted by Crippen LogP contribution is 1.94. The predicted molar refractivity (Wildman–Crippen MR) is 61.8 cm³/mol. The monoisotopic (exact) mass is 216 g/mol. The first-order valence-electron chi connectivity index (χ1n) is 5.90. The Hall–Kier alpha value is -0.770. The Labute approximate surface area is 92.4 Å². The number of nitrogens with one attached hydrogen (secondary N) is 2. The number of carbonyl (C=O) groups excluding carboxylic acids is 1. The van der Waals surface area contributed by atoms with E-state index in [0.29, 0.717) is 13.0 Å². The number of urea groups is 1. The molecule has 4 nitrogen and oxygen atoms in total. The van der Waals surface area contributed by atoms with Crippen molar-refractivity contribution in [2.24, 2.45) is 0 Å². The van der Waals surface area contributed by atoms with Gasteiger partial charge in [0, 0.05) is 13.1 Å². The smallest absolute Gasteiger partial charge is 0.314 e. The van der Waals surface area contributed by atoms with Gasteiger partial charge in [0.2, 0.25) is 0 Å². The summed E-state index contributed by atoms with van der Waals surface area (Å²) in [5, 5.41) is 14.7. The molecule has 1 atom stereocenters. The fourth-order valence-corrected chi connectivity index (χ4v) is 1.20. The SMILES string of the molecule is CCCCCNC(=O)NCCC(O)CC. The largest absolute Gasteiger partial charge is 0.393 e. The van der Waals surface area contributed by atoms with Gasteiger partial charge in [0.1, 0.15) is 0 Å². The van der Waals surface area contributed by atoms with Gasteiger partial charge in [0.05, 0.1) is 6.10 Å². The standard InChI is InChI=1S/C11H24N2O2/c1-3-5-6-8-12-11(15)13-9-7-10(14)4-2/h10,14H,3-9H2,1-2H3,(H2,12,13,15). The lowest BCUT2D eigenvalue weighted by Crippen LogP contribution is -2.37. The molecule has 0 aliphatic heterocycles. The van der Waals surface area contributed by atoms with Crippen LogP contribution in [-0.2, 0) is 0 Å². The molecule has 0 bridgehead atoms. The van der Waals surface area contributed by atoms with Crippen LogP contribution in [0, 0.1) is 0 Å². The molecule has 0 aliphatic carbocycles. The summed E-state index contributed by atoms with van der Waals surface area (Å²) in [6.07, 6.45) is 4.39. The highest BCUT2D eigenvalue weighted by molar-refractivity contribution is 5.73. The van der Waals surface area contributed by atoms with Crippen molar-refractivity contribution in [3.63, 3.8) is 0 Å². The molecule has 0 saturated heterocycles. The molecule has 1 unspecified atom stereocenters. The molecule has 0 spiro atoms. The number of aliphatic hydroxyl groups is 1. The summed E-state index contributed by atoms with van der Waals surface area (Å²) < 4.78 is 0. The average Bonchev–Trinajstić information content (AvgIpc) is 2.24. The maximum atomic E-state index is 11.2. The van der Waals surface area contributed by atoms with Gasteiger partial charge in [-0.05, 0) is 19.3 Å². The van der Waals surface area contributed by atoms with E-state index in [0.717, 1.165) is 32.2 Å². The maximum absolute atomic E-state index is 11.2. The Bertz CT molecular complexity index is 163. The topological polar surface area (TPSA) is 61.4 Å². The summed E-state index contributed by atoms with van der Waals surface area (Å²) in [5.41, 5.74) is 0. The first-order chi connectivity index (χ1) is 7.20. The van der Waals surface area contributed by atoms with Crippen molar-refractivity contribution in [2.75, 3.05) is 13.1 Å². The molecule has 0 heterocycles. The van der Waals surface area contributed by atoms with E-state index < -0.39 is 0 Å². The number of unbranched alkanes of at least 4 members (excludes halogenated alkanes) is 2. The Morgan fingerprint density at radius 2 is 1.87 bits per heavy atom. The van der Waals surface area contributed by atoms with Crippen molar-refractivity contribution in [3.8, 4) is 0 Å². The quantitative estimate of drug-likeness (QED) is 0.540. The first-order valence-corrected chi connectivity index (χ1v) is 5.90. The third-order valence-corrected chi connectivity index (χ3v) is 2.30. The van der Waals surface area contributed by atoms with Crippen LogP contribution >= 0.6 is 0 Å². The van der Waals surface area contributed by atoms with Crippen molar-refractivity contribution < 1.29 is 9.90 Å². The van der Waals surface area contributed by atoms with Gasteiger partial charge in [-0.15, -0.1) is 0 Å². The summed E-state index contributed by atoms with van der Waals surface area (Å²) in [5.74, 6) is 0. The number of aliphatic hydroxyl groups excluding tert-OH is 1. The molecule has 0 aromatic heterocycles. The number of amides is 2. The Morgan fingerprint density at radius 3 is 2.47 bits per heavy atom. The second-order valence-electron chi connectivity index (χ2n) is 3.74. The van der Waals surface area contributed by atoms with E-state index >= 15 is 0 Å². The minimum atomic E-state index is -0.301. The predicted octanol–water partition coefficient (Wildman–Crippen LogP) is 1.64. The zero-order valence-electron chi connectivity index (χ0n) is 9.88. The van der Waals surface area contributed by atoms with Gasteiger partial charge >= 0.3 is 6.03 Å². The molecule has 90 valence electrons. The fourth-order valence-electron chi connectivity index (χ4n) is 1.20. The minimum Gasteiger partial charge on any atom is -0.393 e. The van der Waals surface area contributed by atoms with Crippen LogP contribution in [0.25, 0.3) is 0 Å². The zero-order valence-corrected chi connectivity index (χ0v) is 9.88. The van der Waals surface area contributed by atoms with E-state index in [4.69, 9.17) is 0 Å². The molecule has 0 aliphatic rings. The van der Waals surface area contributed by atoms with Crippen LogP contribution in [0.1, 0.15) is 46.0 Å². The first kappa shape index (κ1) is 14.2. The second-order valence-corrected chi connectivity index (χ2v) is 3.74. The van der Waals surface area contributed by atoms with Crippen LogP contribution in [-0.4, -0.2) is 30.3 Å². The van der Waals surface area contributed by atoms with Crippen molar-refractivity contribution in [3.05, 3.63) is 0 Å². The normalized spacial score (nSPS) is 12.2. The molecule has 15 heavy (non-hydrogen) atoms. The third kappa shape index (κ3) is 9.53. The van der Waals surface area contributed by atoms with Crippen molar-refractivity contribution >= 4 is 6.03 Å². The highest BCUT2D eigenvalue weighted by atomic mass is 16.3. The van der Waals surface area contributed by atoms with E-state index in [1.165, 1.54) is 0 Å². The Balaban J connectivity index is 3.26. The van der Waals surface area contributed by atoms with Gasteiger partial charge < -0.3 is 15.7 Å². The van der Waals surface area contributed by atoms with Gasteiger partial charge in [0.15, 0.2) is 0 Å². The lowest BCUT2D eigenvalue weighted by molar-refractivity contribution is 0.160. The van der Waals surface area contributed by atoms with Crippen molar-refractivity contribution in [1.82, 2.24) is 10.6 Å². The van der Waals surface area contributed by atoms with Gasteiger partial charge in [-0.1, -0.05) is 26.7 Å². The zero-order chi connectivity index (χ0) is 11.5. The summed E-state index contributed by atoms with van der Waals surface area (Å²) >= 11 is 0. The third-order valence-electron chi connectivity index (χ3n) is 2.30. The molecule has 0 saturated carbocycles. The molecule has 4 heteroatoms. The van der Waals surface area contributed by atoms with Gasteiger partial charge in [-0.3, -0.25) is 0 Å². The van der Waals surface area contributed by atoms with Gasteiger partial charge in [-0.25, -0.2) is 4.79 Å². The fraction of sp³-hybridized carbons (Fsp3) is 0.909. The van der Waals surface area contributed by atoms with E-state index in [-0.39, 0.29) is 12.1 Å². The minimum absolute atomic E-state index is 0.130. The van der Waals surface area contributed by atoms with Crippen molar-refractivity contribution in [1.29, 1.82) is 0 Å². The Morgan fingerprint density at radius 1 is 1.20 bits per heavy atom. The van der Waals surface area contributed by atoms with Crippen LogP contribution in [0.5, 0.6) is 0 Å². The summed E-state index contributed by atoms with van der Waals surface area (Å²) in [6.45, 7) is 5.33. The molecule has 0 fully saturated rings. The average molecular weight is 216 g/mol. The molecular weight excluding hydrogens is 192 g/mol. The molecule has 0 rings (SSSR count). The van der Waals surface area contributed by atoms with E-state index in [1.807, 2.05) is 6.92 Å². The summed E-state index contributed by atoms with van der Waals surface area (Å²) in [4.78, 5) is 11.2. The van der Waals surface area contributed by atoms with Gasteiger partial charge in [0.25, 0.3) is 0 Å². The van der Waals surface area contributed by atoms with Crippen LogP contribution in [0.4, 0.5) is 4.79 Å². The Kier molecular flexibility index (Phi) is 9.27. The van der Waals surface area contributed by atoms with Crippen LogP contribution in [0.3, 0.4) is 0 Å². The maximum Gasteiger partial charge on any atom is 0.314 e. The molecule has 3 N–H and O–H groups in total. The molecule has 0 radical (unpaired) electrons. The molecule has 0 aromatic rings. The van der Waals surface area contributed by atoms with E-state index in [2.05, 4.69) is 17.6 Å². The number of hydrogen-bond donors (Lipinski definition) is 3. The van der Waals surface area contributed by atoms with Crippen molar-refractivity contribution in [2.45, 2.75) is 52.1 Å². The lowest BCUT2D eigenvalue weighted by atomic mass is 10.2. The van der Waals surface area contributed by atoms with E-state index in [9.17, 15) is 9.90 Å². The molecular formula is C11H24N2O2. The van der Waals surface area contributed by atoms with Crippen LogP contribution in [0.2, 0.25) is 0 Å². The highest BCUT2D eigenvalue weighted by Gasteiger charge is 2.02. The summed E-state index contributed by atoms with van der Waals surface area (Å²) in [7, 11) is 0. The number of carbonyl (C=O) groups is 1. The van der Waals surface area contributed by atoms with E-state index in [1.54, 1.807) is 0 Å². The van der Waals surface area contributed by atoms with Crippen LogP contribution in [0.15, 0.2) is 0 Å². The van der Waals surface area contributed by atoms with Crippen LogP contribution < -0.4 is 10.6 Å². The second kappa shape index (κ2) is 9.77. The summed E-state index contributed by atoms with van der Waals surface area (Å²) in [6, 6.07) is -0.130.